The fourth-order valence-corrected chi connectivity index (χ4v) is 4.92. The summed E-state index contributed by atoms with van der Waals surface area (Å²) in [5, 5.41) is 11.1. The summed E-state index contributed by atoms with van der Waals surface area (Å²) in [7, 11) is 0. The Hall–Kier alpha value is -0.120. The number of hydrogen-bond acceptors (Lipinski definition) is 2. The molecule has 1 saturated heterocycles. The normalized spacial score (nSPS) is 49.4. The first-order valence-electron chi connectivity index (χ1n) is 6.65. The number of rotatable bonds is 0. The molecule has 18 heavy (non-hydrogen) atoms. The van der Waals surface area contributed by atoms with Crippen molar-refractivity contribution < 1.29 is 9.84 Å². The quantitative estimate of drug-likeness (QED) is 0.693. The van der Waals surface area contributed by atoms with Crippen LogP contribution in [-0.4, -0.2) is 22.9 Å². The monoisotopic (exact) mass is 312 g/mol. The third-order valence-corrected chi connectivity index (χ3v) is 6.86. The molecule has 0 amide bonds. The number of allylic oxidation sites excluding steroid dienone is 2. The van der Waals surface area contributed by atoms with Crippen LogP contribution in [0, 0.1) is 10.8 Å². The van der Waals surface area contributed by atoms with E-state index >= 15 is 0 Å². The Morgan fingerprint density at radius 1 is 1.39 bits per heavy atom. The zero-order valence-electron chi connectivity index (χ0n) is 11.5. The molecule has 1 fully saturated rings. The van der Waals surface area contributed by atoms with Gasteiger partial charge in [0.1, 0.15) is 11.7 Å². The lowest BCUT2D eigenvalue weighted by molar-refractivity contribution is -0.114. The second-order valence-electron chi connectivity index (χ2n) is 6.76. The van der Waals surface area contributed by atoms with Gasteiger partial charge in [0, 0.05) is 15.3 Å². The van der Waals surface area contributed by atoms with Gasteiger partial charge in [0.2, 0.25) is 0 Å². The van der Waals surface area contributed by atoms with Crippen LogP contribution in [0.5, 0.6) is 0 Å². The Balaban J connectivity index is 2.23. The summed E-state index contributed by atoms with van der Waals surface area (Å²) >= 11 is 3.70. The van der Waals surface area contributed by atoms with Crippen LogP contribution in [0.1, 0.15) is 40.5 Å². The molecule has 0 unspecified atom stereocenters. The van der Waals surface area contributed by atoms with E-state index in [-0.39, 0.29) is 23.0 Å². The molecule has 0 aromatic heterocycles. The van der Waals surface area contributed by atoms with Crippen molar-refractivity contribution in [3.8, 4) is 0 Å². The van der Waals surface area contributed by atoms with Gasteiger partial charge >= 0.3 is 0 Å². The van der Waals surface area contributed by atoms with Gasteiger partial charge in [-0.2, -0.15) is 0 Å². The highest BCUT2D eigenvalue weighted by Gasteiger charge is 2.71. The summed E-state index contributed by atoms with van der Waals surface area (Å²) in [6, 6.07) is 0. The van der Waals surface area contributed by atoms with E-state index in [1.165, 1.54) is 10.1 Å². The lowest BCUT2D eigenvalue weighted by Gasteiger charge is -2.56. The summed E-state index contributed by atoms with van der Waals surface area (Å²) in [5.41, 5.74) is 0.250. The molecule has 100 valence electrons. The first-order chi connectivity index (χ1) is 8.23. The van der Waals surface area contributed by atoms with Crippen LogP contribution >= 0.6 is 15.9 Å². The van der Waals surface area contributed by atoms with Crippen LogP contribution in [0.15, 0.2) is 22.2 Å². The highest BCUT2D eigenvalue weighted by molar-refractivity contribution is 9.11. The molecule has 1 spiro atoms. The van der Waals surface area contributed by atoms with Gasteiger partial charge < -0.3 is 9.84 Å². The first kappa shape index (κ1) is 12.9. The van der Waals surface area contributed by atoms with Crippen LogP contribution in [0.3, 0.4) is 0 Å². The third kappa shape index (κ3) is 1.21. The van der Waals surface area contributed by atoms with Crippen molar-refractivity contribution in [1.82, 2.24) is 0 Å². The van der Waals surface area contributed by atoms with Gasteiger partial charge in [-0.3, -0.25) is 0 Å². The summed E-state index contributed by atoms with van der Waals surface area (Å²) in [6.07, 6.45) is 6.09. The zero-order chi connectivity index (χ0) is 13.3. The van der Waals surface area contributed by atoms with Gasteiger partial charge in [0.25, 0.3) is 0 Å². The largest absolute Gasteiger partial charge is 0.386 e. The zero-order valence-corrected chi connectivity index (χ0v) is 13.0. The minimum atomic E-state index is -0.796. The van der Waals surface area contributed by atoms with E-state index < -0.39 is 5.60 Å². The maximum Gasteiger partial charge on any atom is 0.106 e. The Morgan fingerprint density at radius 2 is 2.06 bits per heavy atom. The van der Waals surface area contributed by atoms with E-state index in [0.717, 1.165) is 12.8 Å². The van der Waals surface area contributed by atoms with Gasteiger partial charge in [-0.1, -0.05) is 41.4 Å². The Bertz CT molecular complexity index is 461. The van der Waals surface area contributed by atoms with Crippen LogP contribution in [-0.2, 0) is 4.74 Å². The Kier molecular flexibility index (Phi) is 2.51. The van der Waals surface area contributed by atoms with Crippen molar-refractivity contribution in [2.24, 2.45) is 10.8 Å². The standard InChI is InChI=1S/C15H21BrO2/c1-9-5-6-15-12(7-9)18-11(14(15,4)17)8-10(16)13(15,2)3/h5,8,11-12,17H,6-7H2,1-4H3/t11-,12-,14+,15+/m0/s1. The topological polar surface area (TPSA) is 29.5 Å². The fraction of sp³-hybridized carbons (Fsp3) is 0.733. The Labute approximate surface area is 117 Å². The second-order valence-corrected chi connectivity index (χ2v) is 7.62. The molecule has 1 aliphatic heterocycles. The molecule has 2 aliphatic carbocycles. The molecule has 2 bridgehead atoms. The SMILES string of the molecule is CC1=CC[C@@]23[C@H](C1)O[C@@H](C=C(Br)C2(C)C)[C@@]3(C)O. The van der Waals surface area contributed by atoms with E-state index in [9.17, 15) is 5.11 Å². The molecule has 0 aromatic rings. The minimum Gasteiger partial charge on any atom is -0.386 e. The smallest absolute Gasteiger partial charge is 0.106 e. The molecule has 1 heterocycles. The van der Waals surface area contributed by atoms with E-state index in [4.69, 9.17) is 4.74 Å². The van der Waals surface area contributed by atoms with Crippen LogP contribution in [0.25, 0.3) is 0 Å². The summed E-state index contributed by atoms with van der Waals surface area (Å²) in [4.78, 5) is 0. The van der Waals surface area contributed by atoms with E-state index in [0.29, 0.717) is 0 Å². The number of halogens is 1. The van der Waals surface area contributed by atoms with Gasteiger partial charge in [-0.15, -0.1) is 0 Å². The van der Waals surface area contributed by atoms with Crippen molar-refractivity contribution >= 4 is 15.9 Å². The third-order valence-electron chi connectivity index (χ3n) is 5.61. The van der Waals surface area contributed by atoms with Gasteiger partial charge in [0.15, 0.2) is 0 Å². The molecule has 4 atom stereocenters. The van der Waals surface area contributed by atoms with Gasteiger partial charge in [-0.05, 0) is 32.8 Å². The second kappa shape index (κ2) is 3.50. The Morgan fingerprint density at radius 3 is 2.72 bits per heavy atom. The highest BCUT2D eigenvalue weighted by atomic mass is 79.9. The maximum absolute atomic E-state index is 11.1. The number of aliphatic hydroxyl groups is 1. The predicted octanol–water partition coefficient (Wildman–Crippen LogP) is 3.55. The molecular weight excluding hydrogens is 292 g/mol. The van der Waals surface area contributed by atoms with Crippen molar-refractivity contribution in [2.45, 2.75) is 58.3 Å². The minimum absolute atomic E-state index is 0.106. The van der Waals surface area contributed by atoms with Crippen LogP contribution in [0.2, 0.25) is 0 Å². The van der Waals surface area contributed by atoms with Gasteiger partial charge in [-0.25, -0.2) is 0 Å². The molecule has 0 radical (unpaired) electrons. The molecule has 3 rings (SSSR count). The lowest BCUT2D eigenvalue weighted by atomic mass is 9.49. The van der Waals surface area contributed by atoms with E-state index in [1.807, 2.05) is 6.92 Å². The number of hydrogen-bond donors (Lipinski definition) is 1. The average Bonchev–Trinajstić information content (AvgIpc) is 2.41. The number of fused-ring (bicyclic) bond motifs is 1. The van der Waals surface area contributed by atoms with Crippen LogP contribution in [0.4, 0.5) is 0 Å². The highest BCUT2D eigenvalue weighted by Crippen LogP contribution is 2.67. The van der Waals surface area contributed by atoms with Crippen LogP contribution < -0.4 is 0 Å². The number of ether oxygens (including phenoxy) is 1. The molecule has 2 nitrogen and oxygen atoms in total. The molecular formula is C15H21BrO2. The van der Waals surface area contributed by atoms with Crippen molar-refractivity contribution in [1.29, 1.82) is 0 Å². The van der Waals surface area contributed by atoms with E-state index in [1.54, 1.807) is 0 Å². The molecule has 0 saturated carbocycles. The van der Waals surface area contributed by atoms with Crippen molar-refractivity contribution in [3.05, 3.63) is 22.2 Å². The summed E-state index contributed by atoms with van der Waals surface area (Å²) in [6.45, 7) is 8.54. The molecule has 0 aromatic carbocycles. The van der Waals surface area contributed by atoms with Gasteiger partial charge in [0.05, 0.1) is 6.10 Å². The van der Waals surface area contributed by atoms with E-state index in [2.05, 4.69) is 48.9 Å². The first-order valence-corrected chi connectivity index (χ1v) is 7.44. The predicted molar refractivity (Wildman–Crippen MR) is 75.5 cm³/mol. The summed E-state index contributed by atoms with van der Waals surface area (Å²) < 4.78 is 7.34. The summed E-state index contributed by atoms with van der Waals surface area (Å²) in [5.74, 6) is 0. The molecule has 3 heteroatoms. The molecule has 1 N–H and O–H groups in total. The maximum atomic E-state index is 11.1. The van der Waals surface area contributed by atoms with Crippen molar-refractivity contribution in [2.75, 3.05) is 0 Å². The molecule has 3 aliphatic rings. The average molecular weight is 313 g/mol. The van der Waals surface area contributed by atoms with Crippen molar-refractivity contribution in [3.63, 3.8) is 0 Å². The lowest BCUT2D eigenvalue weighted by Crippen LogP contribution is -2.61. The fourth-order valence-electron chi connectivity index (χ4n) is 4.32.